The first-order valence-electron chi connectivity index (χ1n) is 8.58. The molecule has 2 heterocycles. The molecule has 23 heavy (non-hydrogen) atoms. The molecule has 3 rings (SSSR count). The Hall–Kier alpha value is -0.880. The van der Waals surface area contributed by atoms with E-state index in [1.165, 1.54) is 0 Å². The number of epoxide rings is 1. The highest BCUT2D eigenvalue weighted by molar-refractivity contribution is 5.69. The van der Waals surface area contributed by atoms with Gasteiger partial charge in [-0.15, -0.1) is 0 Å². The van der Waals surface area contributed by atoms with E-state index in [-0.39, 0.29) is 41.7 Å². The average molecular weight is 328 g/mol. The van der Waals surface area contributed by atoms with E-state index in [1.807, 2.05) is 27.7 Å². The summed E-state index contributed by atoms with van der Waals surface area (Å²) in [4.78, 5) is 14.0. The van der Waals surface area contributed by atoms with Crippen molar-refractivity contribution in [3.63, 3.8) is 0 Å². The van der Waals surface area contributed by atoms with Crippen LogP contribution in [0.1, 0.15) is 48.0 Å². The minimum absolute atomic E-state index is 0.00373. The Morgan fingerprint density at radius 1 is 1.39 bits per heavy atom. The minimum atomic E-state index is -0.819. The lowest BCUT2D eigenvalue weighted by Crippen LogP contribution is -2.57. The fourth-order valence-electron chi connectivity index (χ4n) is 4.23. The molecule has 7 unspecified atom stereocenters. The Balaban J connectivity index is 1.81. The summed E-state index contributed by atoms with van der Waals surface area (Å²) in [7, 11) is 0. The lowest BCUT2D eigenvalue weighted by Gasteiger charge is -2.49. The quantitative estimate of drug-likeness (QED) is 0.695. The fourth-order valence-corrected chi connectivity index (χ4v) is 4.23. The van der Waals surface area contributed by atoms with Crippen LogP contribution in [0.2, 0.25) is 0 Å². The van der Waals surface area contributed by atoms with E-state index in [1.54, 1.807) is 4.90 Å². The molecular formula is C17H29FN2O3. The molecule has 0 spiro atoms. The van der Waals surface area contributed by atoms with Crippen LogP contribution in [0.25, 0.3) is 0 Å². The highest BCUT2D eigenvalue weighted by atomic mass is 19.1. The summed E-state index contributed by atoms with van der Waals surface area (Å²) in [6, 6.07) is 0.00568. The first-order valence-corrected chi connectivity index (χ1v) is 8.58. The summed E-state index contributed by atoms with van der Waals surface area (Å²) in [5.41, 5.74) is -0.723. The number of nitrogens with zero attached hydrogens (tertiary/aromatic N) is 1. The van der Waals surface area contributed by atoms with E-state index >= 15 is 0 Å². The summed E-state index contributed by atoms with van der Waals surface area (Å²) >= 11 is 0. The molecular weight excluding hydrogens is 299 g/mol. The van der Waals surface area contributed by atoms with Crippen molar-refractivity contribution in [1.82, 2.24) is 10.2 Å². The first kappa shape index (κ1) is 17.0. The van der Waals surface area contributed by atoms with E-state index in [0.29, 0.717) is 13.1 Å². The van der Waals surface area contributed by atoms with Gasteiger partial charge in [-0.05, 0) is 39.0 Å². The molecule has 0 radical (unpaired) electrons. The number of fused-ring (bicyclic) bond motifs is 3. The van der Waals surface area contributed by atoms with Crippen molar-refractivity contribution in [2.75, 3.05) is 6.67 Å². The zero-order valence-corrected chi connectivity index (χ0v) is 14.9. The van der Waals surface area contributed by atoms with Crippen molar-refractivity contribution < 1.29 is 18.7 Å². The van der Waals surface area contributed by atoms with E-state index in [4.69, 9.17) is 9.47 Å². The number of amides is 1. The lowest BCUT2D eigenvalue weighted by molar-refractivity contribution is -0.0352. The van der Waals surface area contributed by atoms with Crippen LogP contribution in [0.15, 0.2) is 0 Å². The topological polar surface area (TPSA) is 54.1 Å². The maximum atomic E-state index is 14.3. The zero-order valence-electron chi connectivity index (χ0n) is 14.9. The standard InChI is InChI=1S/C17H29FN2O3/c1-9-10(2)17(6)12(7-11(9)18)19-8-20(14-13(17)22-14)15(21)23-16(3,4)5/h9-14,19H,7-8H2,1-6H3. The van der Waals surface area contributed by atoms with Gasteiger partial charge in [0.1, 0.15) is 17.9 Å². The summed E-state index contributed by atoms with van der Waals surface area (Å²) in [6.07, 6.45) is -1.05. The molecule has 1 aliphatic carbocycles. The molecule has 7 atom stereocenters. The molecule has 0 aromatic heterocycles. The smallest absolute Gasteiger partial charge is 0.413 e. The zero-order chi connectivity index (χ0) is 17.2. The van der Waals surface area contributed by atoms with Gasteiger partial charge < -0.3 is 9.47 Å². The fraction of sp³-hybridized carbons (Fsp3) is 0.941. The molecule has 0 bridgehead atoms. The van der Waals surface area contributed by atoms with Gasteiger partial charge in [0.05, 0.1) is 6.67 Å². The molecule has 2 saturated heterocycles. The van der Waals surface area contributed by atoms with Crippen molar-refractivity contribution in [3.8, 4) is 0 Å². The third-order valence-corrected chi connectivity index (χ3v) is 6.08. The Morgan fingerprint density at radius 3 is 2.65 bits per heavy atom. The van der Waals surface area contributed by atoms with Crippen molar-refractivity contribution in [3.05, 3.63) is 0 Å². The average Bonchev–Trinajstić information content (AvgIpc) is 3.20. The largest absolute Gasteiger partial charge is 0.444 e. The van der Waals surface area contributed by atoms with E-state index < -0.39 is 11.8 Å². The van der Waals surface area contributed by atoms with Crippen molar-refractivity contribution in [1.29, 1.82) is 0 Å². The first-order chi connectivity index (χ1) is 10.6. The van der Waals surface area contributed by atoms with Crippen molar-refractivity contribution >= 4 is 6.09 Å². The number of ether oxygens (including phenoxy) is 2. The van der Waals surface area contributed by atoms with Crippen LogP contribution in [0.3, 0.4) is 0 Å². The number of carbonyl (C=O) groups is 1. The molecule has 1 N–H and O–H groups in total. The highest BCUT2D eigenvalue weighted by Gasteiger charge is 2.65. The number of alkyl halides is 1. The van der Waals surface area contributed by atoms with Crippen molar-refractivity contribution in [2.24, 2.45) is 17.3 Å². The van der Waals surface area contributed by atoms with Crippen LogP contribution >= 0.6 is 0 Å². The number of hydrogen-bond donors (Lipinski definition) is 1. The van der Waals surface area contributed by atoms with Crippen molar-refractivity contribution in [2.45, 2.75) is 78.1 Å². The second kappa shape index (κ2) is 5.31. The Bertz CT molecular complexity index is 495. The molecule has 0 aromatic carbocycles. The third kappa shape index (κ3) is 2.74. The van der Waals surface area contributed by atoms with Crippen LogP contribution in [0, 0.1) is 17.3 Å². The number of halogens is 1. The predicted molar refractivity (Wildman–Crippen MR) is 84.5 cm³/mol. The number of hydrogen-bond acceptors (Lipinski definition) is 4. The molecule has 0 aromatic rings. The summed E-state index contributed by atoms with van der Waals surface area (Å²) < 4.78 is 25.7. The van der Waals surface area contributed by atoms with Gasteiger partial charge in [0.15, 0.2) is 6.23 Å². The summed E-state index contributed by atoms with van der Waals surface area (Å²) in [5.74, 6) is 0.174. The molecule has 132 valence electrons. The van der Waals surface area contributed by atoms with Gasteiger partial charge in [-0.25, -0.2) is 9.18 Å². The minimum Gasteiger partial charge on any atom is -0.444 e. The molecule has 1 amide bonds. The van der Waals surface area contributed by atoms with Gasteiger partial charge in [0, 0.05) is 11.5 Å². The Labute approximate surface area is 137 Å². The third-order valence-electron chi connectivity index (χ3n) is 6.08. The van der Waals surface area contributed by atoms with E-state index in [0.717, 1.165) is 0 Å². The second-order valence-corrected chi connectivity index (χ2v) is 8.58. The molecule has 3 fully saturated rings. The van der Waals surface area contributed by atoms with E-state index in [2.05, 4.69) is 19.2 Å². The van der Waals surface area contributed by atoms with E-state index in [9.17, 15) is 9.18 Å². The monoisotopic (exact) mass is 328 g/mol. The Morgan fingerprint density at radius 2 is 2.04 bits per heavy atom. The second-order valence-electron chi connectivity index (χ2n) is 8.58. The normalized spacial score (nSPS) is 46.5. The van der Waals surface area contributed by atoms with Gasteiger partial charge in [-0.3, -0.25) is 10.2 Å². The molecule has 6 heteroatoms. The van der Waals surface area contributed by atoms with Gasteiger partial charge >= 0.3 is 6.09 Å². The number of rotatable bonds is 0. The van der Waals surface area contributed by atoms with Crippen LogP contribution in [0.5, 0.6) is 0 Å². The highest BCUT2D eigenvalue weighted by Crippen LogP contribution is 2.55. The van der Waals surface area contributed by atoms with Crippen LogP contribution < -0.4 is 5.32 Å². The predicted octanol–water partition coefficient (Wildman–Crippen LogP) is 2.90. The maximum absolute atomic E-state index is 14.3. The molecule has 5 nitrogen and oxygen atoms in total. The Kier molecular flexibility index (Phi) is 3.92. The molecule has 1 saturated carbocycles. The van der Waals surface area contributed by atoms with Crippen LogP contribution in [0.4, 0.5) is 9.18 Å². The maximum Gasteiger partial charge on any atom is 0.413 e. The van der Waals surface area contributed by atoms with Gasteiger partial charge in [-0.1, -0.05) is 20.8 Å². The number of carbonyl (C=O) groups excluding carboxylic acids is 1. The summed E-state index contributed by atoms with van der Waals surface area (Å²) in [6.45, 7) is 12.1. The van der Waals surface area contributed by atoms with Gasteiger partial charge in [0.25, 0.3) is 0 Å². The van der Waals surface area contributed by atoms with Crippen LogP contribution in [-0.4, -0.2) is 47.8 Å². The van der Waals surface area contributed by atoms with Crippen LogP contribution in [-0.2, 0) is 9.47 Å². The molecule has 2 aliphatic heterocycles. The summed E-state index contributed by atoms with van der Waals surface area (Å²) in [5, 5.41) is 3.39. The van der Waals surface area contributed by atoms with Gasteiger partial charge in [0.2, 0.25) is 0 Å². The SMILES string of the molecule is CC1C(F)CC2NCN(C(=O)OC(C)(C)C)C3OC3C2(C)C1C. The lowest BCUT2D eigenvalue weighted by atomic mass is 9.59. The number of nitrogens with one attached hydrogen (secondary N) is 1. The molecule has 3 aliphatic rings. The van der Waals surface area contributed by atoms with Gasteiger partial charge in [-0.2, -0.15) is 0 Å².